The lowest BCUT2D eigenvalue weighted by atomic mass is 10.2. The molecule has 0 saturated carbocycles. The Hall–Kier alpha value is -2.80. The van der Waals surface area contributed by atoms with Gasteiger partial charge in [0, 0.05) is 18.3 Å². The topological polar surface area (TPSA) is 78.3 Å². The summed E-state index contributed by atoms with van der Waals surface area (Å²) in [6.45, 7) is 2.49. The summed E-state index contributed by atoms with van der Waals surface area (Å²) in [6.07, 6.45) is 1.63. The van der Waals surface area contributed by atoms with Crippen molar-refractivity contribution >= 4 is 28.5 Å². The average Bonchev–Trinajstić information content (AvgIpc) is 2.92. The average molecular weight is 375 g/mol. The molecule has 0 bridgehead atoms. The van der Waals surface area contributed by atoms with Crippen LogP contribution < -0.4 is 14.8 Å². The number of fused-ring (bicyclic) bond motifs is 1. The van der Waals surface area contributed by atoms with Crippen molar-refractivity contribution in [3.8, 4) is 11.5 Å². The summed E-state index contributed by atoms with van der Waals surface area (Å²) in [7, 11) is 1.82. The van der Waals surface area contributed by atoms with Gasteiger partial charge in [-0.2, -0.15) is 5.10 Å². The number of amides is 1. The van der Waals surface area contributed by atoms with Crippen molar-refractivity contribution in [2.24, 2.45) is 7.05 Å². The Morgan fingerprint density at radius 2 is 2.15 bits per heavy atom. The van der Waals surface area contributed by atoms with E-state index in [1.165, 1.54) is 0 Å². The van der Waals surface area contributed by atoms with Crippen LogP contribution in [0.5, 0.6) is 11.5 Å². The van der Waals surface area contributed by atoms with E-state index in [1.807, 2.05) is 20.0 Å². The molecule has 0 atom stereocenters. The van der Waals surface area contributed by atoms with Crippen LogP contribution in [0.3, 0.4) is 0 Å². The lowest BCUT2D eigenvalue weighted by Gasteiger charge is -2.09. The van der Waals surface area contributed by atoms with Gasteiger partial charge >= 0.3 is 0 Å². The van der Waals surface area contributed by atoms with E-state index in [9.17, 15) is 4.79 Å². The van der Waals surface area contributed by atoms with Crippen LogP contribution in [0.2, 0.25) is 5.02 Å². The molecule has 136 valence electrons. The molecule has 3 aromatic rings. The number of benzene rings is 1. The maximum absolute atomic E-state index is 12.0. The third-order valence-electron chi connectivity index (χ3n) is 3.71. The summed E-state index contributed by atoms with van der Waals surface area (Å²) >= 11 is 5.88. The maximum Gasteiger partial charge on any atom is 0.258 e. The number of carbonyl (C=O) groups excluding carboxylic acids is 1. The van der Waals surface area contributed by atoms with Gasteiger partial charge in [-0.1, -0.05) is 17.7 Å². The zero-order valence-electron chi connectivity index (χ0n) is 14.5. The Balaban J connectivity index is 1.47. The monoisotopic (exact) mass is 374 g/mol. The number of hydrogen-bond acceptors (Lipinski definition) is 5. The van der Waals surface area contributed by atoms with Crippen LogP contribution in [0.1, 0.15) is 5.69 Å². The quantitative estimate of drug-likeness (QED) is 0.643. The molecular formula is C18H19ClN4O3. The zero-order valence-corrected chi connectivity index (χ0v) is 15.3. The molecule has 0 fully saturated rings. The lowest BCUT2D eigenvalue weighted by Crippen LogP contribution is -2.32. The van der Waals surface area contributed by atoms with Crippen LogP contribution >= 0.6 is 11.6 Å². The Morgan fingerprint density at radius 1 is 1.31 bits per heavy atom. The number of halogens is 1. The number of ether oxygens (including phenoxy) is 2. The first-order valence-electron chi connectivity index (χ1n) is 8.11. The highest BCUT2D eigenvalue weighted by atomic mass is 35.5. The van der Waals surface area contributed by atoms with Crippen molar-refractivity contribution in [1.82, 2.24) is 20.1 Å². The fraction of sp³-hybridized carbons (Fsp3) is 0.278. The smallest absolute Gasteiger partial charge is 0.258 e. The van der Waals surface area contributed by atoms with Crippen molar-refractivity contribution in [2.75, 3.05) is 19.8 Å². The summed E-state index contributed by atoms with van der Waals surface area (Å²) in [5, 5.41) is 8.49. The second kappa shape index (κ2) is 8.05. The first-order chi connectivity index (χ1) is 12.5. The number of hydrogen-bond donors (Lipinski definition) is 1. The third kappa shape index (κ3) is 4.23. The van der Waals surface area contributed by atoms with Crippen molar-refractivity contribution in [2.45, 2.75) is 6.92 Å². The van der Waals surface area contributed by atoms with Crippen molar-refractivity contribution in [3.63, 3.8) is 0 Å². The van der Waals surface area contributed by atoms with Gasteiger partial charge in [-0.25, -0.2) is 4.98 Å². The largest absolute Gasteiger partial charge is 0.492 e. The molecule has 0 unspecified atom stereocenters. The second-order valence-corrected chi connectivity index (χ2v) is 6.10. The molecule has 26 heavy (non-hydrogen) atoms. The van der Waals surface area contributed by atoms with E-state index in [-0.39, 0.29) is 12.5 Å². The van der Waals surface area contributed by atoms with Crippen molar-refractivity contribution in [1.29, 1.82) is 0 Å². The standard InChI is InChI=1S/C18H19ClN4O3/c1-12-17-15(6-7-21-18(17)23(2)22-12)26-11-16(24)20-8-9-25-14-5-3-4-13(19)10-14/h3-7,10H,8-9,11H2,1-2H3,(H,20,24). The van der Waals surface area contributed by atoms with Crippen LogP contribution in [-0.2, 0) is 11.8 Å². The van der Waals surface area contributed by atoms with E-state index in [0.717, 1.165) is 16.7 Å². The maximum atomic E-state index is 12.0. The number of rotatable bonds is 7. The van der Waals surface area contributed by atoms with Gasteiger partial charge in [0.2, 0.25) is 0 Å². The summed E-state index contributed by atoms with van der Waals surface area (Å²) in [5.74, 6) is 1.02. The van der Waals surface area contributed by atoms with Gasteiger partial charge < -0.3 is 14.8 Å². The highest BCUT2D eigenvalue weighted by Gasteiger charge is 2.13. The number of nitrogens with zero attached hydrogens (tertiary/aromatic N) is 3. The first-order valence-corrected chi connectivity index (χ1v) is 8.48. The van der Waals surface area contributed by atoms with Crippen LogP contribution in [-0.4, -0.2) is 40.4 Å². The van der Waals surface area contributed by atoms with Crippen LogP contribution in [0.25, 0.3) is 11.0 Å². The molecule has 1 N–H and O–H groups in total. The molecule has 0 aliphatic carbocycles. The molecule has 0 saturated heterocycles. The highest BCUT2D eigenvalue weighted by molar-refractivity contribution is 6.30. The summed E-state index contributed by atoms with van der Waals surface area (Å²) in [5.41, 5.74) is 1.52. The minimum atomic E-state index is -0.230. The number of nitrogens with one attached hydrogen (secondary N) is 1. The second-order valence-electron chi connectivity index (χ2n) is 5.66. The van der Waals surface area contributed by atoms with E-state index in [0.29, 0.717) is 29.7 Å². The van der Waals surface area contributed by atoms with Crippen LogP contribution in [0, 0.1) is 6.92 Å². The Kier molecular flexibility index (Phi) is 5.58. The third-order valence-corrected chi connectivity index (χ3v) is 3.94. The normalized spacial score (nSPS) is 10.7. The van der Waals surface area contributed by atoms with Gasteiger partial charge in [0.1, 0.15) is 18.1 Å². The molecule has 2 heterocycles. The molecule has 0 aliphatic heterocycles. The minimum absolute atomic E-state index is 0.0926. The van der Waals surface area contributed by atoms with E-state index < -0.39 is 0 Å². The molecule has 8 heteroatoms. The Morgan fingerprint density at radius 3 is 2.96 bits per heavy atom. The van der Waals surface area contributed by atoms with E-state index in [1.54, 1.807) is 35.1 Å². The number of carbonyl (C=O) groups is 1. The van der Waals surface area contributed by atoms with Gasteiger partial charge in [-0.15, -0.1) is 0 Å². The summed E-state index contributed by atoms with van der Waals surface area (Å²) < 4.78 is 12.8. The number of aryl methyl sites for hydroxylation is 2. The van der Waals surface area contributed by atoms with Gasteiger partial charge in [-0.05, 0) is 31.2 Å². The molecule has 3 rings (SSSR count). The van der Waals surface area contributed by atoms with Gasteiger partial charge in [0.15, 0.2) is 12.3 Å². The first kappa shape index (κ1) is 18.0. The summed E-state index contributed by atoms with van der Waals surface area (Å²) in [4.78, 5) is 16.2. The predicted octanol–water partition coefficient (Wildman–Crippen LogP) is 2.50. The minimum Gasteiger partial charge on any atom is -0.492 e. The Labute approximate surface area is 155 Å². The highest BCUT2D eigenvalue weighted by Crippen LogP contribution is 2.26. The number of pyridine rings is 1. The van der Waals surface area contributed by atoms with E-state index in [2.05, 4.69) is 15.4 Å². The molecule has 7 nitrogen and oxygen atoms in total. The molecule has 0 aliphatic rings. The molecule has 2 aromatic heterocycles. The molecule has 1 aromatic carbocycles. The Bertz CT molecular complexity index is 926. The predicted molar refractivity (Wildman–Crippen MR) is 98.7 cm³/mol. The van der Waals surface area contributed by atoms with Gasteiger partial charge in [0.05, 0.1) is 17.6 Å². The molecule has 0 spiro atoms. The van der Waals surface area contributed by atoms with E-state index >= 15 is 0 Å². The van der Waals surface area contributed by atoms with E-state index in [4.69, 9.17) is 21.1 Å². The fourth-order valence-corrected chi connectivity index (χ4v) is 2.75. The number of aromatic nitrogens is 3. The van der Waals surface area contributed by atoms with Crippen LogP contribution in [0.4, 0.5) is 0 Å². The fourth-order valence-electron chi connectivity index (χ4n) is 2.57. The molecular weight excluding hydrogens is 356 g/mol. The van der Waals surface area contributed by atoms with Crippen molar-refractivity contribution in [3.05, 3.63) is 47.2 Å². The lowest BCUT2D eigenvalue weighted by molar-refractivity contribution is -0.123. The molecule has 1 amide bonds. The van der Waals surface area contributed by atoms with Gasteiger partial charge in [0.25, 0.3) is 5.91 Å². The van der Waals surface area contributed by atoms with Gasteiger partial charge in [-0.3, -0.25) is 9.48 Å². The zero-order chi connectivity index (χ0) is 18.5. The van der Waals surface area contributed by atoms with Crippen LogP contribution in [0.15, 0.2) is 36.5 Å². The SMILES string of the molecule is Cc1nn(C)c2nccc(OCC(=O)NCCOc3cccc(Cl)c3)c12. The van der Waals surface area contributed by atoms with Crippen molar-refractivity contribution < 1.29 is 14.3 Å². The molecule has 0 radical (unpaired) electrons. The summed E-state index contributed by atoms with van der Waals surface area (Å²) in [6, 6.07) is 8.83.